The van der Waals surface area contributed by atoms with Gasteiger partial charge in [0.25, 0.3) is 0 Å². The smallest absolute Gasteiger partial charge is 0.339 e. The molecule has 9 heteroatoms. The van der Waals surface area contributed by atoms with Crippen LogP contribution in [0.4, 0.5) is 5.69 Å². The van der Waals surface area contributed by atoms with Gasteiger partial charge in [-0.1, -0.05) is 60.1 Å². The molecule has 40 heavy (non-hydrogen) atoms. The zero-order valence-corrected chi connectivity index (χ0v) is 22.7. The lowest BCUT2D eigenvalue weighted by Crippen LogP contribution is -2.18. The van der Waals surface area contributed by atoms with Crippen LogP contribution >= 0.6 is 11.6 Å². The van der Waals surface area contributed by atoms with E-state index >= 15 is 0 Å². The standard InChI is InChI=1S/C31H26ClNO7/c1-38-27-9-5-8-22(29(27)35)19-10-12-20(13-11-19)23-16-24(31(37)40-3)26(17-25(23)32)33-28(34)15-18-6-4-7-21(14-18)30(36)39-2/h4-14,16-17,35H,15H2,1-3H3,(H,33,34). The van der Waals surface area contributed by atoms with E-state index in [9.17, 15) is 19.5 Å². The molecule has 1 amide bonds. The van der Waals surface area contributed by atoms with Crippen LogP contribution in [0.15, 0.2) is 78.9 Å². The quantitative estimate of drug-likeness (QED) is 0.249. The summed E-state index contributed by atoms with van der Waals surface area (Å²) in [6, 6.07) is 22.0. The maximum atomic E-state index is 12.9. The van der Waals surface area contributed by atoms with Crippen LogP contribution in [-0.4, -0.2) is 44.3 Å². The molecule has 4 rings (SSSR count). The predicted molar refractivity (Wildman–Crippen MR) is 152 cm³/mol. The lowest BCUT2D eigenvalue weighted by Gasteiger charge is -2.15. The highest BCUT2D eigenvalue weighted by Crippen LogP contribution is 2.39. The van der Waals surface area contributed by atoms with Crippen molar-refractivity contribution >= 4 is 35.1 Å². The molecule has 0 aliphatic rings. The molecule has 0 atom stereocenters. The summed E-state index contributed by atoms with van der Waals surface area (Å²) >= 11 is 6.61. The number of halogens is 1. The predicted octanol–water partition coefficient (Wildman–Crippen LogP) is 6.14. The third kappa shape index (κ3) is 6.08. The van der Waals surface area contributed by atoms with E-state index in [1.165, 1.54) is 27.4 Å². The Bertz CT molecular complexity index is 1580. The van der Waals surface area contributed by atoms with Gasteiger partial charge in [-0.15, -0.1) is 0 Å². The van der Waals surface area contributed by atoms with Crippen LogP contribution in [-0.2, 0) is 20.7 Å². The van der Waals surface area contributed by atoms with Crippen molar-refractivity contribution in [3.8, 4) is 33.8 Å². The van der Waals surface area contributed by atoms with E-state index in [2.05, 4.69) is 5.32 Å². The Morgan fingerprint density at radius 2 is 1.45 bits per heavy atom. The second kappa shape index (κ2) is 12.4. The van der Waals surface area contributed by atoms with Gasteiger partial charge < -0.3 is 24.6 Å². The van der Waals surface area contributed by atoms with Gasteiger partial charge in [-0.05, 0) is 47.0 Å². The number of hydrogen-bond donors (Lipinski definition) is 2. The van der Waals surface area contributed by atoms with Crippen LogP contribution < -0.4 is 10.1 Å². The third-order valence-electron chi connectivity index (χ3n) is 6.23. The summed E-state index contributed by atoms with van der Waals surface area (Å²) in [6.45, 7) is 0. The van der Waals surface area contributed by atoms with Gasteiger partial charge in [0, 0.05) is 11.1 Å². The van der Waals surface area contributed by atoms with Crippen LogP contribution in [0, 0.1) is 0 Å². The molecular weight excluding hydrogens is 534 g/mol. The average Bonchev–Trinajstić information content (AvgIpc) is 2.97. The van der Waals surface area contributed by atoms with E-state index in [0.717, 1.165) is 5.56 Å². The van der Waals surface area contributed by atoms with Gasteiger partial charge in [0.15, 0.2) is 11.5 Å². The van der Waals surface area contributed by atoms with Crippen LogP contribution in [0.2, 0.25) is 5.02 Å². The highest BCUT2D eigenvalue weighted by molar-refractivity contribution is 6.34. The molecule has 0 unspecified atom stereocenters. The Labute approximate surface area is 236 Å². The number of anilines is 1. The van der Waals surface area contributed by atoms with Gasteiger partial charge in [0.05, 0.1) is 49.6 Å². The molecule has 0 aliphatic heterocycles. The first-order valence-electron chi connectivity index (χ1n) is 12.1. The van der Waals surface area contributed by atoms with Gasteiger partial charge in [0.2, 0.25) is 5.91 Å². The number of phenols is 1. The Morgan fingerprint density at radius 3 is 2.10 bits per heavy atom. The molecule has 0 saturated heterocycles. The number of rotatable bonds is 8. The molecule has 0 saturated carbocycles. The first-order chi connectivity index (χ1) is 19.2. The molecule has 2 N–H and O–H groups in total. The van der Waals surface area contributed by atoms with Crippen molar-refractivity contribution in [1.82, 2.24) is 0 Å². The van der Waals surface area contributed by atoms with Crippen molar-refractivity contribution in [2.75, 3.05) is 26.6 Å². The SMILES string of the molecule is COC(=O)c1cccc(CC(=O)Nc2cc(Cl)c(-c3ccc(-c4cccc(OC)c4O)cc3)cc2C(=O)OC)c1. The maximum absolute atomic E-state index is 12.9. The first kappa shape index (κ1) is 28.2. The molecular formula is C31H26ClNO7. The maximum Gasteiger partial charge on any atom is 0.339 e. The van der Waals surface area contributed by atoms with Crippen molar-refractivity contribution in [2.24, 2.45) is 0 Å². The second-order valence-electron chi connectivity index (χ2n) is 8.72. The minimum absolute atomic E-state index is 0.0286. The van der Waals surface area contributed by atoms with Gasteiger partial charge in [-0.2, -0.15) is 0 Å². The summed E-state index contributed by atoms with van der Waals surface area (Å²) in [5.41, 5.74) is 3.83. The third-order valence-corrected chi connectivity index (χ3v) is 6.54. The fourth-order valence-corrected chi connectivity index (χ4v) is 4.50. The summed E-state index contributed by atoms with van der Waals surface area (Å²) in [6.07, 6.45) is -0.0522. The number of hydrogen-bond acceptors (Lipinski definition) is 7. The number of para-hydroxylation sites is 1. The lowest BCUT2D eigenvalue weighted by atomic mass is 9.97. The molecule has 4 aromatic carbocycles. The zero-order chi connectivity index (χ0) is 28.8. The molecule has 0 fully saturated rings. The van der Waals surface area contributed by atoms with E-state index in [-0.39, 0.29) is 23.4 Å². The van der Waals surface area contributed by atoms with Crippen molar-refractivity contribution in [2.45, 2.75) is 6.42 Å². The highest BCUT2D eigenvalue weighted by atomic mass is 35.5. The van der Waals surface area contributed by atoms with Crippen molar-refractivity contribution < 1.29 is 33.7 Å². The van der Waals surface area contributed by atoms with Crippen molar-refractivity contribution in [1.29, 1.82) is 0 Å². The van der Waals surface area contributed by atoms with Gasteiger partial charge in [-0.25, -0.2) is 9.59 Å². The minimum Gasteiger partial charge on any atom is -0.504 e. The number of carbonyl (C=O) groups excluding carboxylic acids is 3. The van der Waals surface area contributed by atoms with Crippen molar-refractivity contribution in [3.63, 3.8) is 0 Å². The van der Waals surface area contributed by atoms with Crippen LogP contribution in [0.1, 0.15) is 26.3 Å². The Kier molecular flexibility index (Phi) is 8.71. The fraction of sp³-hybridized carbons (Fsp3) is 0.129. The summed E-state index contributed by atoms with van der Waals surface area (Å²) in [5.74, 6) is -1.19. The van der Waals surface area contributed by atoms with Crippen molar-refractivity contribution in [3.05, 3.63) is 101 Å². The number of benzene rings is 4. The Hall–Kier alpha value is -4.82. The number of amides is 1. The van der Waals surface area contributed by atoms with E-state index in [0.29, 0.717) is 38.6 Å². The van der Waals surface area contributed by atoms with E-state index in [4.69, 9.17) is 25.8 Å². The number of phenolic OH excluding ortho intramolecular Hbond substituents is 1. The van der Waals surface area contributed by atoms with E-state index in [1.807, 2.05) is 24.3 Å². The highest BCUT2D eigenvalue weighted by Gasteiger charge is 2.19. The van der Waals surface area contributed by atoms with Crippen LogP contribution in [0.3, 0.4) is 0 Å². The lowest BCUT2D eigenvalue weighted by molar-refractivity contribution is -0.115. The molecule has 8 nitrogen and oxygen atoms in total. The van der Waals surface area contributed by atoms with Crippen LogP contribution in [0.25, 0.3) is 22.3 Å². The van der Waals surface area contributed by atoms with Gasteiger partial charge in [-0.3, -0.25) is 4.79 Å². The summed E-state index contributed by atoms with van der Waals surface area (Å²) in [7, 11) is 4.01. The molecule has 0 spiro atoms. The molecule has 204 valence electrons. The van der Waals surface area contributed by atoms with Gasteiger partial charge >= 0.3 is 11.9 Å². The number of ether oxygens (including phenoxy) is 3. The Balaban J connectivity index is 1.61. The van der Waals surface area contributed by atoms with Crippen LogP contribution in [0.5, 0.6) is 11.5 Å². The Morgan fingerprint density at radius 1 is 0.800 bits per heavy atom. The molecule has 0 heterocycles. The molecule has 0 bridgehead atoms. The van der Waals surface area contributed by atoms with E-state index in [1.54, 1.807) is 48.5 Å². The summed E-state index contributed by atoms with van der Waals surface area (Å²) in [5, 5.41) is 13.5. The number of aromatic hydroxyl groups is 1. The van der Waals surface area contributed by atoms with Gasteiger partial charge in [0.1, 0.15) is 0 Å². The number of carbonyl (C=O) groups is 3. The number of methoxy groups -OCH3 is 3. The first-order valence-corrected chi connectivity index (χ1v) is 12.5. The molecule has 0 aromatic heterocycles. The zero-order valence-electron chi connectivity index (χ0n) is 22.0. The molecule has 4 aromatic rings. The minimum atomic E-state index is -0.654. The monoisotopic (exact) mass is 559 g/mol. The second-order valence-corrected chi connectivity index (χ2v) is 9.13. The topological polar surface area (TPSA) is 111 Å². The largest absolute Gasteiger partial charge is 0.504 e. The molecule has 0 radical (unpaired) electrons. The number of nitrogens with one attached hydrogen (secondary N) is 1. The normalized spacial score (nSPS) is 10.5. The molecule has 0 aliphatic carbocycles. The summed E-state index contributed by atoms with van der Waals surface area (Å²) < 4.78 is 14.9. The fourth-order valence-electron chi connectivity index (χ4n) is 4.23. The number of esters is 2. The summed E-state index contributed by atoms with van der Waals surface area (Å²) in [4.78, 5) is 37.3. The average molecular weight is 560 g/mol. The van der Waals surface area contributed by atoms with E-state index < -0.39 is 17.8 Å².